The first kappa shape index (κ1) is 13.7. The Morgan fingerprint density at radius 1 is 1.37 bits per heavy atom. The fourth-order valence-corrected chi connectivity index (χ4v) is 2.54. The highest BCUT2D eigenvalue weighted by atomic mass is 16.3. The van der Waals surface area contributed by atoms with Crippen LogP contribution in [-0.4, -0.2) is 46.7 Å². The number of amides is 1. The van der Waals surface area contributed by atoms with E-state index in [-0.39, 0.29) is 29.0 Å². The van der Waals surface area contributed by atoms with E-state index < -0.39 is 0 Å². The largest absolute Gasteiger partial charge is 0.508 e. The Hall–Kier alpha value is -1.75. The van der Waals surface area contributed by atoms with Gasteiger partial charge in [0.1, 0.15) is 11.5 Å². The Kier molecular flexibility index (Phi) is 4.27. The zero-order valence-corrected chi connectivity index (χ0v) is 11.1. The van der Waals surface area contributed by atoms with Crippen molar-refractivity contribution < 1.29 is 15.0 Å². The summed E-state index contributed by atoms with van der Waals surface area (Å²) in [5, 5.41) is 22.5. The van der Waals surface area contributed by atoms with Crippen molar-refractivity contribution in [1.29, 1.82) is 0 Å². The lowest BCUT2D eigenvalue weighted by atomic mass is 10.0. The van der Waals surface area contributed by atoms with Gasteiger partial charge in [0.2, 0.25) is 0 Å². The molecule has 104 valence electrons. The highest BCUT2D eigenvalue weighted by Crippen LogP contribution is 2.25. The summed E-state index contributed by atoms with van der Waals surface area (Å²) in [5.74, 6) is -0.319. The van der Waals surface area contributed by atoms with E-state index in [1.54, 1.807) is 4.90 Å². The summed E-state index contributed by atoms with van der Waals surface area (Å²) in [6.07, 6.45) is 1.83. The number of benzene rings is 1. The van der Waals surface area contributed by atoms with Gasteiger partial charge in [0.25, 0.3) is 5.91 Å². The molecule has 0 aliphatic carbocycles. The van der Waals surface area contributed by atoms with Crippen molar-refractivity contribution in [3.8, 4) is 11.5 Å². The molecule has 0 radical (unpaired) electrons. The molecule has 0 unspecified atom stereocenters. The maximum absolute atomic E-state index is 12.5. The number of carbonyl (C=O) groups is 1. The highest BCUT2D eigenvalue weighted by Gasteiger charge is 2.26. The van der Waals surface area contributed by atoms with Crippen LogP contribution in [-0.2, 0) is 0 Å². The molecule has 5 heteroatoms. The molecule has 0 spiro atoms. The Labute approximate surface area is 112 Å². The maximum atomic E-state index is 12.5. The molecule has 1 aromatic carbocycles. The molecular formula is C14H20N2O3. The van der Waals surface area contributed by atoms with Gasteiger partial charge in [-0.3, -0.25) is 4.79 Å². The molecule has 0 atom stereocenters. The standard InChI is InChI=1S/C14H20N2O3/c1-2-16(10-5-7-15-8-6-10)14(19)12-9-11(17)3-4-13(12)18/h3-4,9-10,15,17-18H,2,5-8H2,1H3. The maximum Gasteiger partial charge on any atom is 0.257 e. The van der Waals surface area contributed by atoms with Gasteiger partial charge in [-0.1, -0.05) is 0 Å². The first-order valence-corrected chi connectivity index (χ1v) is 6.67. The minimum Gasteiger partial charge on any atom is -0.508 e. The van der Waals surface area contributed by atoms with Crippen LogP contribution in [0.2, 0.25) is 0 Å². The van der Waals surface area contributed by atoms with E-state index in [4.69, 9.17) is 0 Å². The number of hydrogen-bond acceptors (Lipinski definition) is 4. The highest BCUT2D eigenvalue weighted by molar-refractivity contribution is 5.97. The van der Waals surface area contributed by atoms with E-state index in [2.05, 4.69) is 5.32 Å². The van der Waals surface area contributed by atoms with E-state index in [9.17, 15) is 15.0 Å². The van der Waals surface area contributed by atoms with E-state index in [0.29, 0.717) is 6.54 Å². The molecule has 1 amide bonds. The molecule has 0 saturated carbocycles. The lowest BCUT2D eigenvalue weighted by Crippen LogP contribution is -2.46. The number of piperidine rings is 1. The number of carbonyl (C=O) groups excluding carboxylic acids is 1. The van der Waals surface area contributed by atoms with Crippen LogP contribution in [0.3, 0.4) is 0 Å². The Morgan fingerprint density at radius 2 is 2.05 bits per heavy atom. The van der Waals surface area contributed by atoms with Crippen molar-refractivity contribution in [3.63, 3.8) is 0 Å². The van der Waals surface area contributed by atoms with Crippen molar-refractivity contribution in [1.82, 2.24) is 10.2 Å². The number of phenols is 2. The normalized spacial score (nSPS) is 16.3. The van der Waals surface area contributed by atoms with Crippen molar-refractivity contribution in [2.24, 2.45) is 0 Å². The van der Waals surface area contributed by atoms with Crippen LogP contribution >= 0.6 is 0 Å². The second-order valence-electron chi connectivity index (χ2n) is 4.77. The van der Waals surface area contributed by atoms with Crippen molar-refractivity contribution in [2.45, 2.75) is 25.8 Å². The van der Waals surface area contributed by atoms with E-state index in [0.717, 1.165) is 25.9 Å². The predicted octanol–water partition coefficient (Wildman–Crippen LogP) is 1.31. The minimum atomic E-state index is -0.220. The zero-order valence-electron chi connectivity index (χ0n) is 11.1. The summed E-state index contributed by atoms with van der Waals surface area (Å²) in [6, 6.07) is 4.23. The number of aromatic hydroxyl groups is 2. The Balaban J connectivity index is 2.22. The van der Waals surface area contributed by atoms with Gasteiger partial charge in [-0.15, -0.1) is 0 Å². The van der Waals surface area contributed by atoms with Gasteiger partial charge in [0.05, 0.1) is 5.56 Å². The summed E-state index contributed by atoms with van der Waals surface area (Å²) < 4.78 is 0. The summed E-state index contributed by atoms with van der Waals surface area (Å²) in [4.78, 5) is 14.3. The molecule has 19 heavy (non-hydrogen) atoms. The predicted molar refractivity (Wildman–Crippen MR) is 72.4 cm³/mol. The molecule has 1 aliphatic rings. The summed E-state index contributed by atoms with van der Waals surface area (Å²) in [6.45, 7) is 4.33. The third-order valence-electron chi connectivity index (χ3n) is 3.56. The Morgan fingerprint density at radius 3 is 2.68 bits per heavy atom. The van der Waals surface area contributed by atoms with Gasteiger partial charge in [0.15, 0.2) is 0 Å². The average Bonchev–Trinajstić information content (AvgIpc) is 2.43. The van der Waals surface area contributed by atoms with Gasteiger partial charge < -0.3 is 20.4 Å². The van der Waals surface area contributed by atoms with Crippen molar-refractivity contribution >= 4 is 5.91 Å². The quantitative estimate of drug-likeness (QED) is 0.720. The first-order valence-electron chi connectivity index (χ1n) is 6.67. The van der Waals surface area contributed by atoms with Crippen LogP contribution in [0, 0.1) is 0 Å². The Bertz CT molecular complexity index is 456. The number of nitrogens with zero attached hydrogens (tertiary/aromatic N) is 1. The van der Waals surface area contributed by atoms with Gasteiger partial charge in [-0.2, -0.15) is 0 Å². The average molecular weight is 264 g/mol. The van der Waals surface area contributed by atoms with E-state index in [1.165, 1.54) is 18.2 Å². The van der Waals surface area contributed by atoms with Crippen LogP contribution < -0.4 is 5.32 Å². The topological polar surface area (TPSA) is 72.8 Å². The van der Waals surface area contributed by atoms with Crippen LogP contribution in [0.5, 0.6) is 11.5 Å². The summed E-state index contributed by atoms with van der Waals surface area (Å²) in [7, 11) is 0. The van der Waals surface area contributed by atoms with Crippen LogP contribution in [0.1, 0.15) is 30.1 Å². The molecule has 1 fully saturated rings. The third-order valence-corrected chi connectivity index (χ3v) is 3.56. The molecule has 0 bridgehead atoms. The van der Waals surface area contributed by atoms with Crippen molar-refractivity contribution in [3.05, 3.63) is 23.8 Å². The van der Waals surface area contributed by atoms with Crippen LogP contribution in [0.25, 0.3) is 0 Å². The molecular weight excluding hydrogens is 244 g/mol. The molecule has 0 aromatic heterocycles. The fraction of sp³-hybridized carbons (Fsp3) is 0.500. The third kappa shape index (κ3) is 2.98. The molecule has 2 rings (SSSR count). The zero-order chi connectivity index (χ0) is 13.8. The SMILES string of the molecule is CCN(C(=O)c1cc(O)ccc1O)C1CCNCC1. The fourth-order valence-electron chi connectivity index (χ4n) is 2.54. The van der Waals surface area contributed by atoms with E-state index in [1.807, 2.05) is 6.92 Å². The van der Waals surface area contributed by atoms with Crippen LogP contribution in [0.15, 0.2) is 18.2 Å². The van der Waals surface area contributed by atoms with Gasteiger partial charge in [-0.25, -0.2) is 0 Å². The minimum absolute atomic E-state index is 0.0116. The summed E-state index contributed by atoms with van der Waals surface area (Å²) >= 11 is 0. The van der Waals surface area contributed by atoms with Gasteiger partial charge >= 0.3 is 0 Å². The van der Waals surface area contributed by atoms with E-state index >= 15 is 0 Å². The van der Waals surface area contributed by atoms with Crippen molar-refractivity contribution in [2.75, 3.05) is 19.6 Å². The molecule has 1 aliphatic heterocycles. The molecule has 1 saturated heterocycles. The van der Waals surface area contributed by atoms with Gasteiger partial charge in [0, 0.05) is 12.6 Å². The number of phenolic OH excluding ortho intramolecular Hbond substituents is 2. The van der Waals surface area contributed by atoms with Crippen LogP contribution in [0.4, 0.5) is 0 Å². The molecule has 1 aromatic rings. The molecule has 3 N–H and O–H groups in total. The lowest BCUT2D eigenvalue weighted by Gasteiger charge is -2.34. The monoisotopic (exact) mass is 264 g/mol. The number of hydrogen-bond donors (Lipinski definition) is 3. The smallest absolute Gasteiger partial charge is 0.257 e. The number of rotatable bonds is 3. The lowest BCUT2D eigenvalue weighted by molar-refractivity contribution is 0.0652. The second kappa shape index (κ2) is 5.93. The van der Waals surface area contributed by atoms with Gasteiger partial charge in [-0.05, 0) is 51.1 Å². The molecule has 1 heterocycles. The summed E-state index contributed by atoms with van der Waals surface area (Å²) in [5.41, 5.74) is 0.167. The first-order chi connectivity index (χ1) is 9.13. The molecule has 5 nitrogen and oxygen atoms in total. The number of nitrogens with one attached hydrogen (secondary N) is 1. The second-order valence-corrected chi connectivity index (χ2v) is 4.77.